The maximum Gasteiger partial charge on any atom is 0.147 e. The van der Waals surface area contributed by atoms with E-state index in [0.717, 1.165) is 18.8 Å². The van der Waals surface area contributed by atoms with E-state index in [4.69, 9.17) is 0 Å². The third-order valence-corrected chi connectivity index (χ3v) is 3.44. The molecule has 0 saturated heterocycles. The minimum absolute atomic E-state index is 0.318. The number of carbonyl (C=O) groups excluding carboxylic acids is 1. The van der Waals surface area contributed by atoms with Crippen LogP contribution in [0.25, 0.3) is 0 Å². The molecule has 1 rings (SSSR count). The molecule has 0 bridgehead atoms. The van der Waals surface area contributed by atoms with Crippen LogP contribution in [0.3, 0.4) is 0 Å². The van der Waals surface area contributed by atoms with Crippen molar-refractivity contribution in [2.45, 2.75) is 58.8 Å². The number of hydrogen-bond acceptors (Lipinski definition) is 1. The Morgan fingerprint density at radius 1 is 1.27 bits per heavy atom. The SMILES string of the molecule is CC#CCC(=O)C1CCC(CCC)CC1. The van der Waals surface area contributed by atoms with Gasteiger partial charge in [-0.2, -0.15) is 0 Å². The van der Waals surface area contributed by atoms with Crippen molar-refractivity contribution in [2.24, 2.45) is 11.8 Å². The van der Waals surface area contributed by atoms with Gasteiger partial charge in [-0.15, -0.1) is 5.92 Å². The van der Waals surface area contributed by atoms with E-state index >= 15 is 0 Å². The third-order valence-electron chi connectivity index (χ3n) is 3.44. The van der Waals surface area contributed by atoms with Crippen molar-refractivity contribution in [3.05, 3.63) is 0 Å². The zero-order valence-electron chi connectivity index (χ0n) is 10.0. The summed E-state index contributed by atoms with van der Waals surface area (Å²) in [5.74, 6) is 7.26. The summed E-state index contributed by atoms with van der Waals surface area (Å²) >= 11 is 0. The zero-order chi connectivity index (χ0) is 11.1. The number of rotatable bonds is 4. The molecule has 0 N–H and O–H groups in total. The molecule has 1 aliphatic rings. The molecule has 0 aromatic heterocycles. The van der Waals surface area contributed by atoms with Crippen LogP contribution < -0.4 is 0 Å². The fraction of sp³-hybridized carbons (Fsp3) is 0.786. The Hall–Kier alpha value is -0.770. The minimum atomic E-state index is 0.318. The molecule has 0 aliphatic heterocycles. The van der Waals surface area contributed by atoms with Crippen LogP contribution in [0.1, 0.15) is 58.8 Å². The van der Waals surface area contributed by atoms with Crippen molar-refractivity contribution in [2.75, 3.05) is 0 Å². The molecule has 0 unspecified atom stereocenters. The fourth-order valence-electron chi connectivity index (χ4n) is 2.50. The second-order valence-electron chi connectivity index (χ2n) is 4.58. The Balaban J connectivity index is 2.29. The first-order chi connectivity index (χ1) is 7.27. The standard InChI is InChI=1S/C14H22O/c1-3-5-7-14(15)13-10-8-12(6-4-2)9-11-13/h12-13H,4,6-11H2,1-2H3. The van der Waals surface area contributed by atoms with E-state index in [9.17, 15) is 4.79 Å². The van der Waals surface area contributed by atoms with E-state index in [1.807, 2.05) is 0 Å². The Morgan fingerprint density at radius 3 is 2.47 bits per heavy atom. The van der Waals surface area contributed by atoms with Crippen molar-refractivity contribution < 1.29 is 4.79 Å². The summed E-state index contributed by atoms with van der Waals surface area (Å²) in [4.78, 5) is 11.7. The maximum atomic E-state index is 11.7. The van der Waals surface area contributed by atoms with Crippen LogP contribution in [-0.4, -0.2) is 5.78 Å². The van der Waals surface area contributed by atoms with E-state index < -0.39 is 0 Å². The van der Waals surface area contributed by atoms with Crippen molar-refractivity contribution in [3.8, 4) is 11.8 Å². The molecule has 1 saturated carbocycles. The van der Waals surface area contributed by atoms with Crippen molar-refractivity contribution in [3.63, 3.8) is 0 Å². The minimum Gasteiger partial charge on any atom is -0.298 e. The van der Waals surface area contributed by atoms with E-state index in [-0.39, 0.29) is 0 Å². The zero-order valence-corrected chi connectivity index (χ0v) is 10.0. The Labute approximate surface area is 93.6 Å². The molecule has 1 aliphatic carbocycles. The molecule has 0 heterocycles. The maximum absolute atomic E-state index is 11.7. The van der Waals surface area contributed by atoms with Gasteiger partial charge in [0.2, 0.25) is 0 Å². The summed E-state index contributed by atoms with van der Waals surface area (Å²) in [6.07, 6.45) is 7.82. The molecular weight excluding hydrogens is 184 g/mol. The Morgan fingerprint density at radius 2 is 1.93 bits per heavy atom. The summed E-state index contributed by atoms with van der Waals surface area (Å²) in [5.41, 5.74) is 0. The molecule has 0 spiro atoms. The van der Waals surface area contributed by atoms with Gasteiger partial charge in [-0.3, -0.25) is 4.79 Å². The van der Waals surface area contributed by atoms with E-state index in [1.54, 1.807) is 6.92 Å². The third kappa shape index (κ3) is 4.08. The highest BCUT2D eigenvalue weighted by Crippen LogP contribution is 2.32. The van der Waals surface area contributed by atoms with Gasteiger partial charge in [0.15, 0.2) is 0 Å². The Bertz CT molecular complexity index is 248. The molecule has 0 aromatic carbocycles. The lowest BCUT2D eigenvalue weighted by Gasteiger charge is -2.26. The Kier molecular flexibility index (Phi) is 5.47. The highest BCUT2D eigenvalue weighted by atomic mass is 16.1. The lowest BCUT2D eigenvalue weighted by Crippen LogP contribution is -2.21. The first-order valence-electron chi connectivity index (χ1n) is 6.20. The van der Waals surface area contributed by atoms with Crippen LogP contribution in [0.4, 0.5) is 0 Å². The summed E-state index contributed by atoms with van der Waals surface area (Å²) in [6.45, 7) is 4.04. The van der Waals surface area contributed by atoms with Gasteiger partial charge in [-0.25, -0.2) is 0 Å². The quantitative estimate of drug-likeness (QED) is 0.643. The molecule has 0 atom stereocenters. The molecular formula is C14H22O. The van der Waals surface area contributed by atoms with Gasteiger partial charge in [-0.05, 0) is 38.5 Å². The van der Waals surface area contributed by atoms with Crippen molar-refractivity contribution >= 4 is 5.78 Å². The van der Waals surface area contributed by atoms with Crippen LogP contribution >= 0.6 is 0 Å². The van der Waals surface area contributed by atoms with Crippen molar-refractivity contribution in [1.29, 1.82) is 0 Å². The van der Waals surface area contributed by atoms with E-state index in [1.165, 1.54) is 25.7 Å². The highest BCUT2D eigenvalue weighted by Gasteiger charge is 2.24. The fourth-order valence-corrected chi connectivity index (χ4v) is 2.50. The predicted molar refractivity (Wildman–Crippen MR) is 63.4 cm³/mol. The summed E-state index contributed by atoms with van der Waals surface area (Å²) in [7, 11) is 0. The van der Waals surface area contributed by atoms with Crippen LogP contribution in [-0.2, 0) is 4.79 Å². The van der Waals surface area contributed by atoms with E-state index in [0.29, 0.717) is 18.1 Å². The lowest BCUT2D eigenvalue weighted by molar-refractivity contribution is -0.123. The molecule has 0 amide bonds. The molecule has 15 heavy (non-hydrogen) atoms. The molecule has 1 nitrogen and oxygen atoms in total. The lowest BCUT2D eigenvalue weighted by atomic mass is 9.78. The molecule has 1 fully saturated rings. The highest BCUT2D eigenvalue weighted by molar-refractivity contribution is 5.83. The van der Waals surface area contributed by atoms with Gasteiger partial charge in [0.1, 0.15) is 5.78 Å². The first kappa shape index (κ1) is 12.3. The van der Waals surface area contributed by atoms with Crippen LogP contribution in [0.2, 0.25) is 0 Å². The van der Waals surface area contributed by atoms with Crippen LogP contribution in [0.15, 0.2) is 0 Å². The average molecular weight is 206 g/mol. The number of ketones is 1. The van der Waals surface area contributed by atoms with Gasteiger partial charge in [0.05, 0.1) is 6.42 Å². The van der Waals surface area contributed by atoms with Crippen molar-refractivity contribution in [1.82, 2.24) is 0 Å². The first-order valence-corrected chi connectivity index (χ1v) is 6.20. The molecule has 84 valence electrons. The summed E-state index contributed by atoms with van der Waals surface area (Å²) < 4.78 is 0. The van der Waals surface area contributed by atoms with Gasteiger partial charge in [0.25, 0.3) is 0 Å². The van der Waals surface area contributed by atoms with Gasteiger partial charge in [-0.1, -0.05) is 25.7 Å². The van der Waals surface area contributed by atoms with Crippen LogP contribution in [0, 0.1) is 23.7 Å². The molecule has 0 radical (unpaired) electrons. The molecule has 1 heteroatoms. The van der Waals surface area contributed by atoms with Crippen LogP contribution in [0.5, 0.6) is 0 Å². The monoisotopic (exact) mass is 206 g/mol. The second-order valence-corrected chi connectivity index (χ2v) is 4.58. The number of hydrogen-bond donors (Lipinski definition) is 0. The normalized spacial score (nSPS) is 25.5. The van der Waals surface area contributed by atoms with Gasteiger partial charge >= 0.3 is 0 Å². The van der Waals surface area contributed by atoms with E-state index in [2.05, 4.69) is 18.8 Å². The summed E-state index contributed by atoms with van der Waals surface area (Å²) in [5, 5.41) is 0. The predicted octanol–water partition coefficient (Wildman–Crippen LogP) is 3.58. The smallest absolute Gasteiger partial charge is 0.147 e. The molecule has 0 aromatic rings. The van der Waals surface area contributed by atoms with Gasteiger partial charge in [0, 0.05) is 5.92 Å². The number of Topliss-reactive ketones (excluding diaryl/α,β-unsaturated/α-hetero) is 1. The largest absolute Gasteiger partial charge is 0.298 e. The average Bonchev–Trinajstić information content (AvgIpc) is 2.27. The van der Waals surface area contributed by atoms with Gasteiger partial charge < -0.3 is 0 Å². The second kappa shape index (κ2) is 6.67. The topological polar surface area (TPSA) is 17.1 Å². The summed E-state index contributed by atoms with van der Waals surface area (Å²) in [6, 6.07) is 0. The number of carbonyl (C=O) groups is 1.